The van der Waals surface area contributed by atoms with E-state index in [9.17, 15) is 9.59 Å². The molecule has 35 heavy (non-hydrogen) atoms. The van der Waals surface area contributed by atoms with Gasteiger partial charge in [-0.2, -0.15) is 0 Å². The van der Waals surface area contributed by atoms with Crippen molar-refractivity contribution in [2.75, 3.05) is 13.2 Å². The van der Waals surface area contributed by atoms with Crippen molar-refractivity contribution in [3.8, 4) is 17.1 Å². The Balaban J connectivity index is 0.00000342. The van der Waals surface area contributed by atoms with Crippen molar-refractivity contribution < 1.29 is 18.7 Å². The molecule has 4 aromatic rings. The standard InChI is InChI=1S/C28H27NO5.ClH/c1-19(2)29-17-22(33-28(31)21-12-7-4-8-13-21)18-32-25-15-9-14-23-24(30)16-26(34-27(23)25)20-10-5-3-6-11-20;/h3-16,19,22,29H,17-18H2,1-2H3;1H. The Bertz CT molecular complexity index is 1310. The van der Waals surface area contributed by atoms with Gasteiger partial charge < -0.3 is 19.2 Å². The molecule has 0 saturated heterocycles. The van der Waals surface area contributed by atoms with Crippen LogP contribution in [0.5, 0.6) is 5.75 Å². The van der Waals surface area contributed by atoms with Crippen molar-refractivity contribution >= 4 is 29.3 Å². The molecule has 0 aliphatic heterocycles. The van der Waals surface area contributed by atoms with Gasteiger partial charge in [0.1, 0.15) is 18.5 Å². The number of esters is 1. The summed E-state index contributed by atoms with van der Waals surface area (Å²) in [5.74, 6) is 0.455. The van der Waals surface area contributed by atoms with Gasteiger partial charge in [0.25, 0.3) is 0 Å². The molecule has 4 rings (SSSR count). The van der Waals surface area contributed by atoms with Crippen LogP contribution in [0.2, 0.25) is 0 Å². The Labute approximate surface area is 210 Å². The summed E-state index contributed by atoms with van der Waals surface area (Å²) < 4.78 is 17.9. The number of fused-ring (bicyclic) bond motifs is 1. The van der Waals surface area contributed by atoms with Gasteiger partial charge in [-0.05, 0) is 24.3 Å². The van der Waals surface area contributed by atoms with Gasteiger partial charge in [-0.25, -0.2) is 4.79 Å². The zero-order valence-corrected chi connectivity index (χ0v) is 20.4. The topological polar surface area (TPSA) is 77.8 Å². The van der Waals surface area contributed by atoms with E-state index in [1.54, 1.807) is 42.5 Å². The van der Waals surface area contributed by atoms with Crippen molar-refractivity contribution in [2.45, 2.75) is 26.0 Å². The average Bonchev–Trinajstić information content (AvgIpc) is 2.86. The Morgan fingerprint density at radius 3 is 2.31 bits per heavy atom. The maximum atomic E-state index is 12.7. The second kappa shape index (κ2) is 12.2. The molecule has 1 aromatic heterocycles. The van der Waals surface area contributed by atoms with Crippen LogP contribution in [0.15, 0.2) is 94.1 Å². The summed E-state index contributed by atoms with van der Waals surface area (Å²) in [6.45, 7) is 4.54. The Hall–Kier alpha value is -3.61. The molecular formula is C28H28ClNO5. The van der Waals surface area contributed by atoms with Gasteiger partial charge in [0.05, 0.1) is 10.9 Å². The van der Waals surface area contributed by atoms with E-state index in [0.29, 0.717) is 34.6 Å². The third-order valence-electron chi connectivity index (χ3n) is 5.24. The molecule has 1 unspecified atom stereocenters. The lowest BCUT2D eigenvalue weighted by Crippen LogP contribution is -2.38. The third-order valence-corrected chi connectivity index (χ3v) is 5.24. The van der Waals surface area contributed by atoms with Crippen LogP contribution in [-0.2, 0) is 4.74 Å². The summed E-state index contributed by atoms with van der Waals surface area (Å²) in [6, 6.07) is 25.2. The third kappa shape index (κ3) is 6.72. The van der Waals surface area contributed by atoms with Crippen LogP contribution in [0.4, 0.5) is 0 Å². The van der Waals surface area contributed by atoms with Gasteiger partial charge in [0.15, 0.2) is 16.8 Å². The van der Waals surface area contributed by atoms with Crippen LogP contribution in [-0.4, -0.2) is 31.3 Å². The second-order valence-corrected chi connectivity index (χ2v) is 8.24. The number of carbonyl (C=O) groups excluding carboxylic acids is 1. The van der Waals surface area contributed by atoms with Crippen molar-refractivity contribution in [1.29, 1.82) is 0 Å². The molecule has 1 N–H and O–H groups in total. The quantitative estimate of drug-likeness (QED) is 0.311. The molecule has 7 heteroatoms. The van der Waals surface area contributed by atoms with Crippen LogP contribution in [0, 0.1) is 0 Å². The maximum absolute atomic E-state index is 12.7. The molecule has 0 spiro atoms. The fourth-order valence-electron chi connectivity index (χ4n) is 3.49. The molecule has 1 atom stereocenters. The van der Waals surface area contributed by atoms with Gasteiger partial charge in [0.2, 0.25) is 0 Å². The molecule has 0 bridgehead atoms. The minimum absolute atomic E-state index is 0. The summed E-state index contributed by atoms with van der Waals surface area (Å²) in [4.78, 5) is 25.4. The molecule has 0 saturated carbocycles. The van der Waals surface area contributed by atoms with E-state index in [-0.39, 0.29) is 30.5 Å². The van der Waals surface area contributed by atoms with E-state index in [2.05, 4.69) is 5.32 Å². The Morgan fingerprint density at radius 2 is 1.63 bits per heavy atom. The first-order valence-corrected chi connectivity index (χ1v) is 11.3. The maximum Gasteiger partial charge on any atom is 0.338 e. The number of halogens is 1. The lowest BCUT2D eigenvalue weighted by Gasteiger charge is -2.21. The van der Waals surface area contributed by atoms with Crippen molar-refractivity contribution in [2.24, 2.45) is 0 Å². The van der Waals surface area contributed by atoms with E-state index in [0.717, 1.165) is 5.56 Å². The Morgan fingerprint density at radius 1 is 0.943 bits per heavy atom. The van der Waals surface area contributed by atoms with Crippen LogP contribution >= 0.6 is 12.4 Å². The first-order chi connectivity index (χ1) is 16.5. The highest BCUT2D eigenvalue weighted by molar-refractivity contribution is 5.89. The summed E-state index contributed by atoms with van der Waals surface area (Å²) in [5, 5.41) is 3.71. The number of para-hydroxylation sites is 1. The molecular weight excluding hydrogens is 466 g/mol. The van der Waals surface area contributed by atoms with E-state index in [1.165, 1.54) is 6.07 Å². The number of benzene rings is 3. The summed E-state index contributed by atoms with van der Waals surface area (Å²) in [5.41, 5.74) is 1.48. The fraction of sp³-hybridized carbons (Fsp3) is 0.214. The highest BCUT2D eigenvalue weighted by atomic mass is 35.5. The Kier molecular flexibility index (Phi) is 9.06. The smallest absolute Gasteiger partial charge is 0.338 e. The van der Waals surface area contributed by atoms with E-state index < -0.39 is 12.1 Å². The fourth-order valence-corrected chi connectivity index (χ4v) is 3.49. The normalized spacial score (nSPS) is 11.6. The summed E-state index contributed by atoms with van der Waals surface area (Å²) >= 11 is 0. The zero-order chi connectivity index (χ0) is 23.9. The molecule has 0 amide bonds. The summed E-state index contributed by atoms with van der Waals surface area (Å²) in [7, 11) is 0. The zero-order valence-electron chi connectivity index (χ0n) is 19.6. The van der Waals surface area contributed by atoms with Gasteiger partial charge >= 0.3 is 5.97 Å². The van der Waals surface area contributed by atoms with Crippen molar-refractivity contribution in [3.05, 3.63) is 101 Å². The van der Waals surface area contributed by atoms with Crippen LogP contribution < -0.4 is 15.5 Å². The molecule has 3 aromatic carbocycles. The first kappa shape index (κ1) is 26.0. The molecule has 0 aliphatic carbocycles. The van der Waals surface area contributed by atoms with Gasteiger partial charge in [-0.15, -0.1) is 12.4 Å². The SMILES string of the molecule is CC(C)NCC(COc1cccc2c(=O)cc(-c3ccccc3)oc12)OC(=O)c1ccccc1.Cl. The van der Waals surface area contributed by atoms with Crippen LogP contribution in [0.3, 0.4) is 0 Å². The number of hydrogen-bond donors (Lipinski definition) is 1. The van der Waals surface area contributed by atoms with E-state index in [1.807, 2.05) is 50.2 Å². The molecule has 0 aliphatic rings. The monoisotopic (exact) mass is 493 g/mol. The number of nitrogens with one attached hydrogen (secondary N) is 1. The predicted octanol–water partition coefficient (Wildman–Crippen LogP) is 5.48. The number of ether oxygens (including phenoxy) is 2. The average molecular weight is 494 g/mol. The second-order valence-electron chi connectivity index (χ2n) is 8.24. The highest BCUT2D eigenvalue weighted by Gasteiger charge is 2.19. The molecule has 0 radical (unpaired) electrons. The van der Waals surface area contributed by atoms with Crippen molar-refractivity contribution in [1.82, 2.24) is 5.32 Å². The van der Waals surface area contributed by atoms with Crippen molar-refractivity contribution in [3.63, 3.8) is 0 Å². The molecule has 6 nitrogen and oxygen atoms in total. The van der Waals surface area contributed by atoms with E-state index in [4.69, 9.17) is 13.9 Å². The minimum Gasteiger partial charge on any atom is -0.486 e. The molecule has 182 valence electrons. The number of carbonyl (C=O) groups is 1. The van der Waals surface area contributed by atoms with Gasteiger partial charge in [0, 0.05) is 24.2 Å². The van der Waals surface area contributed by atoms with Gasteiger partial charge in [-0.3, -0.25) is 4.79 Å². The summed E-state index contributed by atoms with van der Waals surface area (Å²) in [6.07, 6.45) is -0.547. The van der Waals surface area contributed by atoms with Crippen LogP contribution in [0.25, 0.3) is 22.3 Å². The van der Waals surface area contributed by atoms with Crippen LogP contribution in [0.1, 0.15) is 24.2 Å². The number of hydrogen-bond acceptors (Lipinski definition) is 6. The molecule has 0 fully saturated rings. The molecule has 1 heterocycles. The largest absolute Gasteiger partial charge is 0.486 e. The lowest BCUT2D eigenvalue weighted by molar-refractivity contribution is 0.0173. The van der Waals surface area contributed by atoms with E-state index >= 15 is 0 Å². The lowest BCUT2D eigenvalue weighted by atomic mass is 10.1. The minimum atomic E-state index is -0.547. The predicted molar refractivity (Wildman–Crippen MR) is 139 cm³/mol. The highest BCUT2D eigenvalue weighted by Crippen LogP contribution is 2.28. The number of rotatable bonds is 9. The van der Waals surface area contributed by atoms with Gasteiger partial charge in [-0.1, -0.05) is 68.4 Å². The first-order valence-electron chi connectivity index (χ1n) is 11.3.